The smallest absolute Gasteiger partial charge is 0.293 e. The van der Waals surface area contributed by atoms with Crippen LogP contribution >= 0.6 is 0 Å². The molecule has 0 atom stereocenters. The molecular weight excluding hydrogens is 424 g/mol. The largest absolute Gasteiger partial charge is 0.299 e. The van der Waals surface area contributed by atoms with Crippen molar-refractivity contribution in [2.24, 2.45) is 10.2 Å². The fourth-order valence-corrected chi connectivity index (χ4v) is 3.63. The molecule has 0 unspecified atom stereocenters. The van der Waals surface area contributed by atoms with Crippen molar-refractivity contribution in [1.82, 2.24) is 9.78 Å². The van der Waals surface area contributed by atoms with E-state index in [1.165, 1.54) is 37.3 Å². The summed E-state index contributed by atoms with van der Waals surface area (Å²) in [6.07, 6.45) is 0. The molecule has 0 bridgehead atoms. The molecule has 0 saturated heterocycles. The van der Waals surface area contributed by atoms with Gasteiger partial charge in [-0.15, -0.1) is 10.2 Å². The summed E-state index contributed by atoms with van der Waals surface area (Å²) in [5, 5.41) is 10.2. The molecule has 0 aliphatic rings. The summed E-state index contributed by atoms with van der Waals surface area (Å²) in [5.74, 6) is 0. The van der Waals surface area contributed by atoms with E-state index in [9.17, 15) is 26.2 Å². The molecule has 152 valence electrons. The molecule has 0 radical (unpaired) electrons. The molecule has 0 saturated carbocycles. The first-order valence-corrected chi connectivity index (χ1v) is 10.7. The highest BCUT2D eigenvalue weighted by Crippen LogP contribution is 2.26. The predicted molar refractivity (Wildman–Crippen MR) is 101 cm³/mol. The van der Waals surface area contributed by atoms with Gasteiger partial charge >= 0.3 is 0 Å². The number of aryl methyl sites for hydroxylation is 1. The molecule has 13 heteroatoms. The predicted octanol–water partition coefficient (Wildman–Crippen LogP) is 2.38. The van der Waals surface area contributed by atoms with E-state index < -0.39 is 35.6 Å². The topological polar surface area (TPSA) is 171 Å². The zero-order chi connectivity index (χ0) is 21.4. The van der Waals surface area contributed by atoms with Gasteiger partial charge in [0.05, 0.1) is 16.3 Å². The van der Waals surface area contributed by atoms with Crippen LogP contribution in [0.3, 0.4) is 0 Å². The Morgan fingerprint density at radius 1 is 0.931 bits per heavy atom. The van der Waals surface area contributed by atoms with Crippen molar-refractivity contribution >= 4 is 31.6 Å². The minimum atomic E-state index is -4.54. The SMILES string of the molecule is Cc1[nH]n(-c2cccc(S(=O)(=O)O)c2)c(=O)c1N=Nc1ccccc1S(=O)(=O)O. The molecule has 0 aliphatic carbocycles. The van der Waals surface area contributed by atoms with E-state index in [1.54, 1.807) is 0 Å². The number of rotatable bonds is 5. The van der Waals surface area contributed by atoms with Crippen molar-refractivity contribution in [1.29, 1.82) is 0 Å². The van der Waals surface area contributed by atoms with Crippen molar-refractivity contribution in [3.8, 4) is 5.69 Å². The van der Waals surface area contributed by atoms with Crippen molar-refractivity contribution in [2.75, 3.05) is 0 Å². The van der Waals surface area contributed by atoms with Gasteiger partial charge in [-0.3, -0.25) is 19.0 Å². The zero-order valence-electron chi connectivity index (χ0n) is 14.7. The highest BCUT2D eigenvalue weighted by atomic mass is 32.2. The maximum absolute atomic E-state index is 12.7. The van der Waals surface area contributed by atoms with Crippen LogP contribution in [0.1, 0.15) is 5.69 Å². The van der Waals surface area contributed by atoms with Gasteiger partial charge in [0.15, 0.2) is 5.69 Å². The minimum Gasteiger partial charge on any atom is -0.293 e. The second-order valence-corrected chi connectivity index (χ2v) is 8.65. The summed E-state index contributed by atoms with van der Waals surface area (Å²) in [7, 11) is -9.01. The maximum atomic E-state index is 12.7. The molecule has 29 heavy (non-hydrogen) atoms. The lowest BCUT2D eigenvalue weighted by Gasteiger charge is -2.03. The summed E-state index contributed by atoms with van der Waals surface area (Å²) in [5.41, 5.74) is -0.640. The molecule has 0 amide bonds. The Labute approximate surface area is 164 Å². The first-order valence-electron chi connectivity index (χ1n) is 7.86. The fourth-order valence-electron chi connectivity index (χ4n) is 2.48. The van der Waals surface area contributed by atoms with Crippen molar-refractivity contribution in [2.45, 2.75) is 16.7 Å². The number of hydrogen-bond donors (Lipinski definition) is 3. The third kappa shape index (κ3) is 4.32. The summed E-state index contributed by atoms with van der Waals surface area (Å²) in [6.45, 7) is 1.51. The van der Waals surface area contributed by atoms with Crippen molar-refractivity contribution in [3.05, 3.63) is 64.6 Å². The van der Waals surface area contributed by atoms with Gasteiger partial charge in [0.1, 0.15) is 10.6 Å². The third-order valence-corrected chi connectivity index (χ3v) is 5.57. The Morgan fingerprint density at radius 2 is 1.62 bits per heavy atom. The van der Waals surface area contributed by atoms with Crippen LogP contribution in [-0.4, -0.2) is 35.7 Å². The Bertz CT molecular complexity index is 1390. The average molecular weight is 438 g/mol. The Kier molecular flexibility index (Phi) is 5.23. The van der Waals surface area contributed by atoms with Crippen molar-refractivity contribution < 1.29 is 25.9 Å². The molecule has 0 fully saturated rings. The van der Waals surface area contributed by atoms with Crippen LogP contribution in [0.15, 0.2) is 73.3 Å². The van der Waals surface area contributed by atoms with E-state index >= 15 is 0 Å². The summed E-state index contributed by atoms with van der Waals surface area (Å²) < 4.78 is 64.8. The van der Waals surface area contributed by atoms with Crippen LogP contribution in [0.2, 0.25) is 0 Å². The number of nitrogens with zero attached hydrogens (tertiary/aromatic N) is 3. The fraction of sp³-hybridized carbons (Fsp3) is 0.0625. The Balaban J connectivity index is 2.07. The summed E-state index contributed by atoms with van der Waals surface area (Å²) in [4.78, 5) is 11.8. The van der Waals surface area contributed by atoms with Gasteiger partial charge in [-0.1, -0.05) is 18.2 Å². The van der Waals surface area contributed by atoms with E-state index in [0.717, 1.165) is 22.9 Å². The highest BCUT2D eigenvalue weighted by molar-refractivity contribution is 7.86. The highest BCUT2D eigenvalue weighted by Gasteiger charge is 2.17. The van der Waals surface area contributed by atoms with E-state index in [4.69, 9.17) is 4.55 Å². The second-order valence-electron chi connectivity index (χ2n) is 5.84. The first kappa shape index (κ1) is 20.6. The van der Waals surface area contributed by atoms with Gasteiger partial charge in [-0.05, 0) is 37.3 Å². The summed E-state index contributed by atoms with van der Waals surface area (Å²) >= 11 is 0. The number of nitrogens with one attached hydrogen (secondary N) is 1. The number of azo groups is 1. The second kappa shape index (κ2) is 7.36. The zero-order valence-corrected chi connectivity index (χ0v) is 16.3. The molecule has 11 nitrogen and oxygen atoms in total. The molecule has 3 rings (SSSR count). The Hall–Kier alpha value is -3.13. The van der Waals surface area contributed by atoms with Gasteiger partial charge in [0, 0.05) is 0 Å². The van der Waals surface area contributed by atoms with E-state index in [0.29, 0.717) is 0 Å². The van der Waals surface area contributed by atoms with Crippen LogP contribution in [0, 0.1) is 6.92 Å². The molecule has 1 heterocycles. The molecule has 3 N–H and O–H groups in total. The van der Waals surface area contributed by atoms with E-state index in [2.05, 4.69) is 15.3 Å². The van der Waals surface area contributed by atoms with Gasteiger partial charge in [0.25, 0.3) is 25.8 Å². The lowest BCUT2D eigenvalue weighted by atomic mass is 10.3. The maximum Gasteiger partial charge on any atom is 0.299 e. The molecule has 0 aliphatic heterocycles. The van der Waals surface area contributed by atoms with Gasteiger partial charge in [0.2, 0.25) is 0 Å². The molecule has 1 aromatic heterocycles. The van der Waals surface area contributed by atoms with Crippen LogP contribution < -0.4 is 5.56 Å². The van der Waals surface area contributed by atoms with Gasteiger partial charge in [-0.25, -0.2) is 4.68 Å². The monoisotopic (exact) mass is 438 g/mol. The number of aromatic nitrogens is 2. The number of hydrogen-bond acceptors (Lipinski definition) is 7. The molecular formula is C16H14N4O7S2. The van der Waals surface area contributed by atoms with Crippen LogP contribution in [0.5, 0.6) is 0 Å². The minimum absolute atomic E-state index is 0.119. The number of H-pyrrole nitrogens is 1. The number of benzene rings is 2. The van der Waals surface area contributed by atoms with E-state index in [-0.39, 0.29) is 22.8 Å². The van der Waals surface area contributed by atoms with Gasteiger partial charge in [-0.2, -0.15) is 16.8 Å². The third-order valence-electron chi connectivity index (χ3n) is 3.81. The van der Waals surface area contributed by atoms with Crippen LogP contribution in [0.4, 0.5) is 11.4 Å². The number of aromatic amines is 1. The van der Waals surface area contributed by atoms with Crippen LogP contribution in [0.25, 0.3) is 5.69 Å². The lowest BCUT2D eigenvalue weighted by molar-refractivity contribution is 0.481. The summed E-state index contributed by atoms with van der Waals surface area (Å²) in [6, 6.07) is 10.3. The molecule has 3 aromatic rings. The Morgan fingerprint density at radius 3 is 2.28 bits per heavy atom. The lowest BCUT2D eigenvalue weighted by Crippen LogP contribution is -2.14. The van der Waals surface area contributed by atoms with Crippen LogP contribution in [-0.2, 0) is 20.2 Å². The standard InChI is InChI=1S/C16H14N4O7S2/c1-10-15(18-17-13-7-2-3-8-14(13)29(25,26)27)16(21)20(19-10)11-5-4-6-12(9-11)28(22,23)24/h2-9,19H,1H3,(H,22,23,24)(H,25,26,27). The van der Waals surface area contributed by atoms with Crippen molar-refractivity contribution in [3.63, 3.8) is 0 Å². The van der Waals surface area contributed by atoms with E-state index in [1.807, 2.05) is 0 Å². The quantitative estimate of drug-likeness (QED) is 0.405. The van der Waals surface area contributed by atoms with Gasteiger partial charge < -0.3 is 0 Å². The molecule has 2 aromatic carbocycles. The first-order chi connectivity index (χ1) is 13.5. The normalized spacial score (nSPS) is 12.5. The average Bonchev–Trinajstić information content (AvgIpc) is 2.93. The molecule has 0 spiro atoms.